The van der Waals surface area contributed by atoms with E-state index in [4.69, 9.17) is 23.2 Å². The number of halogens is 3. The zero-order chi connectivity index (χ0) is 6.85. The average Bonchev–Trinajstić information content (AvgIpc) is 1.80. The van der Waals surface area contributed by atoms with E-state index in [0.717, 1.165) is 0 Å². The Hall–Kier alpha value is 0.210. The molecule has 0 radical (unpaired) electrons. The standard InChI is InChI=1S/C5H2BrCl2N/c6-5-1-3(7)4(8)2-9-5/h1-2H. The number of hydrogen-bond donors (Lipinski definition) is 0. The van der Waals surface area contributed by atoms with E-state index in [0.29, 0.717) is 14.6 Å². The fourth-order valence-electron chi connectivity index (χ4n) is 0.391. The van der Waals surface area contributed by atoms with Gasteiger partial charge in [-0.2, -0.15) is 0 Å². The maximum atomic E-state index is 5.61. The number of pyridine rings is 1. The lowest BCUT2D eigenvalue weighted by molar-refractivity contribution is 1.28. The number of hydrogen-bond acceptors (Lipinski definition) is 1. The predicted molar refractivity (Wildman–Crippen MR) is 42.0 cm³/mol. The zero-order valence-electron chi connectivity index (χ0n) is 4.24. The first kappa shape index (κ1) is 7.32. The van der Waals surface area contributed by atoms with Crippen molar-refractivity contribution < 1.29 is 0 Å². The molecule has 0 aliphatic carbocycles. The summed E-state index contributed by atoms with van der Waals surface area (Å²) >= 11 is 14.3. The fourth-order valence-corrected chi connectivity index (χ4v) is 1.11. The summed E-state index contributed by atoms with van der Waals surface area (Å²) < 4.78 is 0.692. The van der Waals surface area contributed by atoms with E-state index in [9.17, 15) is 0 Å². The molecule has 0 unspecified atom stereocenters. The highest BCUT2D eigenvalue weighted by Crippen LogP contribution is 2.22. The van der Waals surface area contributed by atoms with Crippen molar-refractivity contribution in [1.82, 2.24) is 4.98 Å². The van der Waals surface area contributed by atoms with Crippen molar-refractivity contribution in [2.75, 3.05) is 0 Å². The van der Waals surface area contributed by atoms with Crippen LogP contribution in [0, 0.1) is 0 Å². The summed E-state index contributed by atoms with van der Waals surface area (Å²) in [5, 5.41) is 0.985. The molecule has 0 amide bonds. The van der Waals surface area contributed by atoms with E-state index in [1.807, 2.05) is 0 Å². The molecule has 0 aromatic carbocycles. The maximum Gasteiger partial charge on any atom is 0.107 e. The van der Waals surface area contributed by atoms with Crippen molar-refractivity contribution in [3.8, 4) is 0 Å². The number of rotatable bonds is 0. The van der Waals surface area contributed by atoms with Gasteiger partial charge in [0.2, 0.25) is 0 Å². The van der Waals surface area contributed by atoms with Gasteiger partial charge in [-0.3, -0.25) is 0 Å². The van der Waals surface area contributed by atoms with Crippen LogP contribution in [0.2, 0.25) is 10.0 Å². The molecule has 1 nitrogen and oxygen atoms in total. The Morgan fingerprint density at radius 2 is 2.00 bits per heavy atom. The third-order valence-corrected chi connectivity index (χ3v) is 1.92. The van der Waals surface area contributed by atoms with Crippen LogP contribution in [-0.2, 0) is 0 Å². The lowest BCUT2D eigenvalue weighted by Crippen LogP contribution is -1.74. The molecule has 1 rings (SSSR count). The number of aromatic nitrogens is 1. The minimum atomic E-state index is 0.472. The van der Waals surface area contributed by atoms with Crippen LogP contribution < -0.4 is 0 Å². The van der Waals surface area contributed by atoms with Gasteiger partial charge in [0.1, 0.15) is 4.60 Å². The molecule has 1 aromatic heterocycles. The smallest absolute Gasteiger partial charge is 0.107 e. The Morgan fingerprint density at radius 1 is 1.33 bits per heavy atom. The molecular weight excluding hydrogens is 225 g/mol. The molecule has 1 heterocycles. The largest absolute Gasteiger partial charge is 0.248 e. The average molecular weight is 227 g/mol. The second-order valence-electron chi connectivity index (χ2n) is 1.42. The predicted octanol–water partition coefficient (Wildman–Crippen LogP) is 3.15. The normalized spacial score (nSPS) is 9.67. The van der Waals surface area contributed by atoms with Gasteiger partial charge < -0.3 is 0 Å². The second-order valence-corrected chi connectivity index (χ2v) is 3.05. The summed E-state index contributed by atoms with van der Waals surface area (Å²) in [6.45, 7) is 0. The van der Waals surface area contributed by atoms with Crippen molar-refractivity contribution in [3.05, 3.63) is 26.9 Å². The molecular formula is C5H2BrCl2N. The summed E-state index contributed by atoms with van der Waals surface area (Å²) in [5.41, 5.74) is 0. The van der Waals surface area contributed by atoms with Crippen molar-refractivity contribution >= 4 is 39.1 Å². The SMILES string of the molecule is Clc1cnc(Br)cc1Cl. The summed E-state index contributed by atoms with van der Waals surface area (Å²) in [6, 6.07) is 1.64. The Kier molecular flexibility index (Phi) is 2.33. The summed E-state index contributed by atoms with van der Waals surface area (Å²) in [7, 11) is 0. The van der Waals surface area contributed by atoms with Crippen LogP contribution in [0.4, 0.5) is 0 Å². The van der Waals surface area contributed by atoms with Gasteiger partial charge in [-0.25, -0.2) is 4.98 Å². The van der Waals surface area contributed by atoms with E-state index in [-0.39, 0.29) is 0 Å². The topological polar surface area (TPSA) is 12.9 Å². The molecule has 0 aliphatic heterocycles. The van der Waals surface area contributed by atoms with Crippen LogP contribution >= 0.6 is 39.1 Å². The third-order valence-electron chi connectivity index (χ3n) is 0.775. The molecule has 0 N–H and O–H groups in total. The van der Waals surface area contributed by atoms with Crippen molar-refractivity contribution in [1.29, 1.82) is 0 Å². The van der Waals surface area contributed by atoms with Crippen LogP contribution in [0.15, 0.2) is 16.9 Å². The summed E-state index contributed by atoms with van der Waals surface area (Å²) in [6.07, 6.45) is 1.49. The first-order valence-electron chi connectivity index (χ1n) is 2.16. The molecule has 0 atom stereocenters. The van der Waals surface area contributed by atoms with Crippen LogP contribution in [-0.4, -0.2) is 4.98 Å². The Balaban J connectivity index is 3.17. The van der Waals surface area contributed by atoms with Gasteiger partial charge in [0.15, 0.2) is 0 Å². The summed E-state index contributed by atoms with van der Waals surface area (Å²) in [5.74, 6) is 0. The van der Waals surface area contributed by atoms with Gasteiger partial charge in [-0.1, -0.05) is 23.2 Å². The maximum absolute atomic E-state index is 5.61. The molecule has 0 saturated heterocycles. The van der Waals surface area contributed by atoms with Crippen molar-refractivity contribution in [3.63, 3.8) is 0 Å². The lowest BCUT2D eigenvalue weighted by Gasteiger charge is -1.92. The lowest BCUT2D eigenvalue weighted by atomic mass is 10.5. The van der Waals surface area contributed by atoms with E-state index >= 15 is 0 Å². The van der Waals surface area contributed by atoms with Gasteiger partial charge in [-0.15, -0.1) is 0 Å². The van der Waals surface area contributed by atoms with Gasteiger partial charge in [-0.05, 0) is 22.0 Å². The first-order valence-corrected chi connectivity index (χ1v) is 3.71. The molecule has 1 aromatic rings. The highest BCUT2D eigenvalue weighted by Gasteiger charge is 1.96. The van der Waals surface area contributed by atoms with Gasteiger partial charge >= 0.3 is 0 Å². The minimum absolute atomic E-state index is 0.472. The van der Waals surface area contributed by atoms with E-state index in [2.05, 4.69) is 20.9 Å². The van der Waals surface area contributed by atoms with Crippen LogP contribution in [0.25, 0.3) is 0 Å². The van der Waals surface area contributed by atoms with Gasteiger partial charge in [0.25, 0.3) is 0 Å². The third kappa shape index (κ3) is 1.81. The molecule has 0 fully saturated rings. The van der Waals surface area contributed by atoms with Gasteiger partial charge in [0.05, 0.1) is 10.0 Å². The highest BCUT2D eigenvalue weighted by atomic mass is 79.9. The van der Waals surface area contributed by atoms with E-state index in [1.54, 1.807) is 6.07 Å². The quantitative estimate of drug-likeness (QED) is 0.620. The highest BCUT2D eigenvalue weighted by molar-refractivity contribution is 9.10. The molecule has 0 spiro atoms. The van der Waals surface area contributed by atoms with Gasteiger partial charge in [0, 0.05) is 6.20 Å². The van der Waals surface area contributed by atoms with Crippen LogP contribution in [0.5, 0.6) is 0 Å². The van der Waals surface area contributed by atoms with Crippen molar-refractivity contribution in [2.24, 2.45) is 0 Å². The van der Waals surface area contributed by atoms with E-state index in [1.165, 1.54) is 6.20 Å². The molecule has 0 bridgehead atoms. The fraction of sp³-hybridized carbons (Fsp3) is 0. The Bertz CT molecular complexity index is 226. The Labute approximate surface area is 71.1 Å². The first-order chi connectivity index (χ1) is 4.20. The number of nitrogens with zero attached hydrogens (tertiary/aromatic N) is 1. The summed E-state index contributed by atoms with van der Waals surface area (Å²) in [4.78, 5) is 3.84. The van der Waals surface area contributed by atoms with Crippen molar-refractivity contribution in [2.45, 2.75) is 0 Å². The van der Waals surface area contributed by atoms with Crippen LogP contribution in [0.3, 0.4) is 0 Å². The molecule has 48 valence electrons. The zero-order valence-corrected chi connectivity index (χ0v) is 7.33. The van der Waals surface area contributed by atoms with Crippen LogP contribution in [0.1, 0.15) is 0 Å². The molecule has 4 heteroatoms. The molecule has 0 saturated carbocycles. The molecule has 9 heavy (non-hydrogen) atoms. The second kappa shape index (κ2) is 2.86. The molecule has 0 aliphatic rings. The Morgan fingerprint density at radius 3 is 2.44 bits per heavy atom. The minimum Gasteiger partial charge on any atom is -0.248 e. The monoisotopic (exact) mass is 225 g/mol. The van der Waals surface area contributed by atoms with E-state index < -0.39 is 0 Å².